The third-order valence-electron chi connectivity index (χ3n) is 5.53. The van der Waals surface area contributed by atoms with Crippen molar-refractivity contribution in [2.75, 3.05) is 7.11 Å². The van der Waals surface area contributed by atoms with Gasteiger partial charge < -0.3 is 4.74 Å². The second-order valence-electron chi connectivity index (χ2n) is 6.86. The number of allylic oxidation sites excluding steroid dienone is 1. The van der Waals surface area contributed by atoms with E-state index in [0.29, 0.717) is 5.92 Å². The molecule has 0 aliphatic heterocycles. The monoisotopic (exact) mass is 296 g/mol. The fraction of sp³-hybridized carbons (Fsp3) is 0.833. The van der Waals surface area contributed by atoms with Crippen LogP contribution in [0.25, 0.3) is 0 Å². The van der Waals surface area contributed by atoms with E-state index < -0.39 is 6.17 Å². The van der Waals surface area contributed by atoms with E-state index in [4.69, 9.17) is 0 Å². The van der Waals surface area contributed by atoms with Crippen molar-refractivity contribution in [3.8, 4) is 0 Å². The van der Waals surface area contributed by atoms with Crippen LogP contribution >= 0.6 is 0 Å². The van der Waals surface area contributed by atoms with Gasteiger partial charge in [-0.1, -0.05) is 38.2 Å². The zero-order valence-electron chi connectivity index (χ0n) is 13.3. The summed E-state index contributed by atoms with van der Waals surface area (Å²) in [4.78, 5) is 11.2. The molecule has 0 saturated heterocycles. The van der Waals surface area contributed by atoms with Crippen molar-refractivity contribution in [1.29, 1.82) is 0 Å². The number of esters is 1. The number of halogens is 1. The highest BCUT2D eigenvalue weighted by molar-refractivity contribution is 5.81. The van der Waals surface area contributed by atoms with Crippen LogP contribution in [0, 0.1) is 11.3 Å². The van der Waals surface area contributed by atoms with Gasteiger partial charge in [0.1, 0.15) is 6.17 Å². The molecule has 0 aromatic heterocycles. The van der Waals surface area contributed by atoms with Crippen LogP contribution in [0.5, 0.6) is 0 Å². The van der Waals surface area contributed by atoms with Gasteiger partial charge in [-0.25, -0.2) is 9.18 Å². The summed E-state index contributed by atoms with van der Waals surface area (Å²) >= 11 is 0. The van der Waals surface area contributed by atoms with Gasteiger partial charge >= 0.3 is 5.97 Å². The fourth-order valence-corrected chi connectivity index (χ4v) is 4.05. The van der Waals surface area contributed by atoms with Gasteiger partial charge in [-0.3, -0.25) is 0 Å². The van der Waals surface area contributed by atoms with E-state index in [0.717, 1.165) is 44.9 Å². The average molecular weight is 296 g/mol. The number of methoxy groups -OCH3 is 1. The molecule has 2 nitrogen and oxygen atoms in total. The Morgan fingerprint density at radius 2 is 1.71 bits per heavy atom. The fourth-order valence-electron chi connectivity index (χ4n) is 4.05. The van der Waals surface area contributed by atoms with Crippen molar-refractivity contribution in [3.05, 3.63) is 12.2 Å². The summed E-state index contributed by atoms with van der Waals surface area (Å²) in [6, 6.07) is 0. The Bertz CT molecular complexity index is 356. The maximum absolute atomic E-state index is 14.7. The Hall–Kier alpha value is -0.860. The molecule has 2 aliphatic rings. The molecule has 1 unspecified atom stereocenters. The minimum absolute atomic E-state index is 0.0695. The molecule has 0 radical (unpaired) electrons. The van der Waals surface area contributed by atoms with Crippen LogP contribution in [-0.4, -0.2) is 19.3 Å². The van der Waals surface area contributed by atoms with Gasteiger partial charge in [0.25, 0.3) is 0 Å². The number of hydrogen-bond donors (Lipinski definition) is 0. The molecule has 3 heteroatoms. The third kappa shape index (κ3) is 4.55. The van der Waals surface area contributed by atoms with Crippen molar-refractivity contribution < 1.29 is 13.9 Å². The van der Waals surface area contributed by atoms with E-state index >= 15 is 0 Å². The molecular weight excluding hydrogens is 267 g/mol. The van der Waals surface area contributed by atoms with Crippen LogP contribution in [0.3, 0.4) is 0 Å². The molecule has 2 fully saturated rings. The summed E-state index contributed by atoms with van der Waals surface area (Å²) in [5.41, 5.74) is -0.0695. The molecule has 2 rings (SSSR count). The second kappa shape index (κ2) is 7.95. The Morgan fingerprint density at radius 1 is 1.05 bits per heavy atom. The Kier molecular flexibility index (Phi) is 6.25. The predicted molar refractivity (Wildman–Crippen MR) is 82.8 cm³/mol. The van der Waals surface area contributed by atoms with Crippen LogP contribution in [0.2, 0.25) is 0 Å². The summed E-state index contributed by atoms with van der Waals surface area (Å²) in [6.07, 6.45) is 14.6. The zero-order chi connectivity index (χ0) is 15.1. The van der Waals surface area contributed by atoms with Crippen LogP contribution < -0.4 is 0 Å². The number of hydrogen-bond acceptors (Lipinski definition) is 2. The summed E-state index contributed by atoms with van der Waals surface area (Å²) in [6.45, 7) is 0. The van der Waals surface area contributed by atoms with Crippen LogP contribution in [0.1, 0.15) is 70.6 Å². The molecule has 21 heavy (non-hydrogen) atoms. The van der Waals surface area contributed by atoms with E-state index in [1.54, 1.807) is 0 Å². The lowest BCUT2D eigenvalue weighted by Gasteiger charge is -2.42. The quantitative estimate of drug-likeness (QED) is 0.531. The molecular formula is C18H29FO2. The highest BCUT2D eigenvalue weighted by Crippen LogP contribution is 2.48. The zero-order valence-corrected chi connectivity index (χ0v) is 13.3. The highest BCUT2D eigenvalue weighted by Gasteiger charge is 2.41. The van der Waals surface area contributed by atoms with Gasteiger partial charge in [0.15, 0.2) is 0 Å². The lowest BCUT2D eigenvalue weighted by molar-refractivity contribution is -0.134. The van der Waals surface area contributed by atoms with Gasteiger partial charge in [0.2, 0.25) is 0 Å². The van der Waals surface area contributed by atoms with Crippen molar-refractivity contribution in [2.24, 2.45) is 11.3 Å². The van der Waals surface area contributed by atoms with Crippen LogP contribution in [0.4, 0.5) is 4.39 Å². The molecule has 0 N–H and O–H groups in total. The first-order valence-corrected chi connectivity index (χ1v) is 8.56. The van der Waals surface area contributed by atoms with Crippen LogP contribution in [0.15, 0.2) is 12.2 Å². The maximum atomic E-state index is 14.7. The summed E-state index contributed by atoms with van der Waals surface area (Å²) in [5, 5.41) is 0. The predicted octanol–water partition coefficient (Wildman–Crippen LogP) is 4.97. The normalized spacial score (nSPS) is 35.1. The van der Waals surface area contributed by atoms with Crippen LogP contribution in [-0.2, 0) is 9.53 Å². The number of carbonyl (C=O) groups excluding carboxylic acids is 1. The molecule has 1 spiro atoms. The Balaban J connectivity index is 1.92. The van der Waals surface area contributed by atoms with Gasteiger partial charge in [-0.15, -0.1) is 0 Å². The molecule has 1 atom stereocenters. The molecule has 0 heterocycles. The lowest BCUT2D eigenvalue weighted by Crippen LogP contribution is -2.36. The summed E-state index contributed by atoms with van der Waals surface area (Å²) in [5.74, 6) is 0.121. The van der Waals surface area contributed by atoms with Gasteiger partial charge in [0, 0.05) is 11.5 Å². The lowest BCUT2D eigenvalue weighted by atomic mass is 9.64. The molecule has 120 valence electrons. The average Bonchev–Trinajstić information content (AvgIpc) is 2.59. The largest absolute Gasteiger partial charge is 0.466 e. The summed E-state index contributed by atoms with van der Waals surface area (Å²) in [7, 11) is 1.40. The Morgan fingerprint density at radius 3 is 2.43 bits per heavy atom. The van der Waals surface area contributed by atoms with E-state index in [2.05, 4.69) is 4.74 Å². The minimum Gasteiger partial charge on any atom is -0.466 e. The smallest absolute Gasteiger partial charge is 0.330 e. The summed E-state index contributed by atoms with van der Waals surface area (Å²) < 4.78 is 19.4. The molecule has 0 amide bonds. The first-order chi connectivity index (χ1) is 10.2. The Labute approximate surface area is 128 Å². The molecule has 0 bridgehead atoms. The first kappa shape index (κ1) is 16.5. The van der Waals surface area contributed by atoms with Gasteiger partial charge in [0.05, 0.1) is 7.11 Å². The van der Waals surface area contributed by atoms with Gasteiger partial charge in [-0.2, -0.15) is 0 Å². The van der Waals surface area contributed by atoms with E-state index in [-0.39, 0.29) is 11.4 Å². The number of alkyl halides is 1. The molecule has 0 aromatic carbocycles. The second-order valence-corrected chi connectivity index (χ2v) is 6.86. The van der Waals surface area contributed by atoms with Crippen molar-refractivity contribution in [1.82, 2.24) is 0 Å². The maximum Gasteiger partial charge on any atom is 0.330 e. The van der Waals surface area contributed by atoms with Crippen molar-refractivity contribution >= 4 is 5.97 Å². The molecule has 0 aromatic rings. The number of carbonyl (C=O) groups is 1. The SMILES string of the molecule is COC(=O)/C=C/C1CCC2(CCCCCCCC2F)CC1. The standard InChI is InChI=1S/C18H29FO2/c1-21-17(20)9-8-15-10-13-18(14-11-15)12-6-4-2-3-5-7-16(18)19/h8-9,15-16H,2-7,10-14H2,1H3/b9-8+. The first-order valence-electron chi connectivity index (χ1n) is 8.56. The van der Waals surface area contributed by atoms with Crippen molar-refractivity contribution in [3.63, 3.8) is 0 Å². The third-order valence-corrected chi connectivity index (χ3v) is 5.53. The number of ether oxygens (including phenoxy) is 1. The van der Waals surface area contributed by atoms with Crippen molar-refractivity contribution in [2.45, 2.75) is 76.8 Å². The highest BCUT2D eigenvalue weighted by atomic mass is 19.1. The topological polar surface area (TPSA) is 26.3 Å². The van der Waals surface area contributed by atoms with E-state index in [9.17, 15) is 9.18 Å². The van der Waals surface area contributed by atoms with Gasteiger partial charge in [-0.05, 0) is 44.4 Å². The molecule has 2 aliphatic carbocycles. The minimum atomic E-state index is -0.624. The van der Waals surface area contributed by atoms with E-state index in [1.165, 1.54) is 38.9 Å². The van der Waals surface area contributed by atoms with E-state index in [1.807, 2.05) is 6.08 Å². The number of rotatable bonds is 2. The molecule has 2 saturated carbocycles.